The van der Waals surface area contributed by atoms with Crippen LogP contribution < -0.4 is 4.31 Å². The van der Waals surface area contributed by atoms with Gasteiger partial charge in [0.1, 0.15) is 5.75 Å². The molecule has 0 saturated carbocycles. The van der Waals surface area contributed by atoms with Crippen molar-refractivity contribution in [3.8, 4) is 5.75 Å². The first-order valence-electron chi connectivity index (χ1n) is 6.80. The molecule has 108 valence electrons. The average molecular weight is 285 g/mol. The second-order valence-corrected chi connectivity index (χ2v) is 6.63. The molecule has 5 heteroatoms. The number of sulfonamides is 1. The number of benzene rings is 1. The molecule has 0 heterocycles. The number of unbranched alkanes of at least 4 members (excludes halogenated alkanes) is 2. The second-order valence-electron chi connectivity index (χ2n) is 4.62. The first kappa shape index (κ1) is 15.8. The second kappa shape index (κ2) is 7.38. The van der Waals surface area contributed by atoms with Crippen LogP contribution in [0.1, 0.15) is 39.5 Å². The van der Waals surface area contributed by atoms with E-state index in [9.17, 15) is 13.5 Å². The van der Waals surface area contributed by atoms with Crippen LogP contribution in [0.25, 0.3) is 0 Å². The molecule has 0 fully saturated rings. The zero-order valence-electron chi connectivity index (χ0n) is 11.7. The number of rotatable bonds is 8. The van der Waals surface area contributed by atoms with Crippen LogP contribution in [0.5, 0.6) is 5.75 Å². The van der Waals surface area contributed by atoms with E-state index in [2.05, 4.69) is 0 Å². The maximum atomic E-state index is 12.4. The van der Waals surface area contributed by atoms with E-state index in [4.69, 9.17) is 0 Å². The molecule has 0 aromatic heterocycles. The number of anilines is 1. The van der Waals surface area contributed by atoms with Crippen LogP contribution in [0.3, 0.4) is 0 Å². The third kappa shape index (κ3) is 4.74. The average Bonchev–Trinajstić information content (AvgIpc) is 2.37. The molecule has 0 aliphatic rings. The van der Waals surface area contributed by atoms with Crippen LogP contribution >= 0.6 is 0 Å². The van der Waals surface area contributed by atoms with E-state index in [0.29, 0.717) is 18.7 Å². The topological polar surface area (TPSA) is 57.6 Å². The van der Waals surface area contributed by atoms with Gasteiger partial charge in [0.2, 0.25) is 10.0 Å². The van der Waals surface area contributed by atoms with Crippen molar-refractivity contribution in [1.82, 2.24) is 0 Å². The van der Waals surface area contributed by atoms with Crippen LogP contribution in [-0.2, 0) is 10.0 Å². The van der Waals surface area contributed by atoms with Crippen LogP contribution in [0.4, 0.5) is 5.69 Å². The normalized spacial score (nSPS) is 11.5. The quantitative estimate of drug-likeness (QED) is 0.798. The Balaban J connectivity index is 3.00. The molecule has 0 spiro atoms. The SMILES string of the molecule is CCCCN(c1cccc(O)c1)S(=O)(=O)CCCC. The number of aromatic hydroxyl groups is 1. The zero-order valence-corrected chi connectivity index (χ0v) is 12.5. The molecular formula is C14H23NO3S. The number of phenolic OH excluding ortho intramolecular Hbond substituents is 1. The van der Waals surface area contributed by atoms with Crippen LogP contribution in [-0.4, -0.2) is 25.8 Å². The van der Waals surface area contributed by atoms with Gasteiger partial charge in [-0.15, -0.1) is 0 Å². The first-order chi connectivity index (χ1) is 9.01. The monoisotopic (exact) mass is 285 g/mol. The highest BCUT2D eigenvalue weighted by molar-refractivity contribution is 7.92. The van der Waals surface area contributed by atoms with E-state index in [1.807, 2.05) is 13.8 Å². The summed E-state index contributed by atoms with van der Waals surface area (Å²) in [5.74, 6) is 0.243. The summed E-state index contributed by atoms with van der Waals surface area (Å²) < 4.78 is 26.1. The molecule has 0 saturated heterocycles. The maximum Gasteiger partial charge on any atom is 0.235 e. The number of nitrogens with zero attached hydrogens (tertiary/aromatic N) is 1. The van der Waals surface area contributed by atoms with E-state index in [-0.39, 0.29) is 11.5 Å². The summed E-state index contributed by atoms with van der Waals surface area (Å²) in [6.45, 7) is 4.46. The highest BCUT2D eigenvalue weighted by atomic mass is 32.2. The third-order valence-electron chi connectivity index (χ3n) is 2.92. The summed E-state index contributed by atoms with van der Waals surface area (Å²) in [6.07, 6.45) is 3.24. The van der Waals surface area contributed by atoms with Gasteiger partial charge < -0.3 is 5.11 Å². The fraction of sp³-hybridized carbons (Fsp3) is 0.571. The third-order valence-corrected chi connectivity index (χ3v) is 4.79. The fourth-order valence-electron chi connectivity index (χ4n) is 1.82. The van der Waals surface area contributed by atoms with E-state index in [1.165, 1.54) is 10.4 Å². The van der Waals surface area contributed by atoms with Gasteiger partial charge in [-0.3, -0.25) is 4.31 Å². The Labute approximate surface area is 116 Å². The Morgan fingerprint density at radius 1 is 1.16 bits per heavy atom. The fourth-order valence-corrected chi connectivity index (χ4v) is 3.53. The summed E-state index contributed by atoms with van der Waals surface area (Å²) in [5.41, 5.74) is 0.546. The van der Waals surface area contributed by atoms with E-state index >= 15 is 0 Å². The van der Waals surface area contributed by atoms with Crippen molar-refractivity contribution in [3.05, 3.63) is 24.3 Å². The number of hydrogen-bond donors (Lipinski definition) is 1. The van der Waals surface area contributed by atoms with Crippen LogP contribution in [0.15, 0.2) is 24.3 Å². The van der Waals surface area contributed by atoms with Crippen LogP contribution in [0.2, 0.25) is 0 Å². The van der Waals surface area contributed by atoms with Crippen molar-refractivity contribution in [2.75, 3.05) is 16.6 Å². The van der Waals surface area contributed by atoms with Gasteiger partial charge in [-0.2, -0.15) is 0 Å². The molecule has 0 aliphatic carbocycles. The lowest BCUT2D eigenvalue weighted by Crippen LogP contribution is -2.33. The van der Waals surface area contributed by atoms with Crippen molar-refractivity contribution in [1.29, 1.82) is 0 Å². The molecule has 0 bridgehead atoms. The lowest BCUT2D eigenvalue weighted by Gasteiger charge is -2.24. The molecule has 0 radical (unpaired) electrons. The van der Waals surface area contributed by atoms with Gasteiger partial charge in [0.05, 0.1) is 11.4 Å². The van der Waals surface area contributed by atoms with E-state index in [0.717, 1.165) is 19.3 Å². The summed E-state index contributed by atoms with van der Waals surface area (Å²) in [6, 6.07) is 6.43. The first-order valence-corrected chi connectivity index (χ1v) is 8.41. The summed E-state index contributed by atoms with van der Waals surface area (Å²) in [5, 5.41) is 9.51. The Bertz CT molecular complexity index is 485. The standard InChI is InChI=1S/C14H23NO3S/c1-3-5-10-15(19(17,18)11-6-4-2)13-8-7-9-14(16)12-13/h7-9,12,16H,3-6,10-11H2,1-2H3. The molecule has 1 aromatic rings. The molecule has 0 amide bonds. The van der Waals surface area contributed by atoms with Crippen molar-refractivity contribution in [2.24, 2.45) is 0 Å². The Morgan fingerprint density at radius 2 is 1.84 bits per heavy atom. The minimum atomic E-state index is -3.30. The van der Waals surface area contributed by atoms with Crippen molar-refractivity contribution < 1.29 is 13.5 Å². The highest BCUT2D eigenvalue weighted by Crippen LogP contribution is 2.24. The van der Waals surface area contributed by atoms with Crippen molar-refractivity contribution in [3.63, 3.8) is 0 Å². The molecular weight excluding hydrogens is 262 g/mol. The minimum Gasteiger partial charge on any atom is -0.508 e. The Morgan fingerprint density at radius 3 is 2.42 bits per heavy atom. The molecule has 0 aliphatic heterocycles. The van der Waals surface area contributed by atoms with Gasteiger partial charge in [0, 0.05) is 12.6 Å². The lowest BCUT2D eigenvalue weighted by atomic mass is 10.3. The Kier molecular flexibility index (Phi) is 6.15. The van der Waals surface area contributed by atoms with E-state index < -0.39 is 10.0 Å². The Hall–Kier alpha value is -1.23. The smallest absolute Gasteiger partial charge is 0.235 e. The van der Waals surface area contributed by atoms with Gasteiger partial charge in [0.15, 0.2) is 0 Å². The summed E-state index contributed by atoms with van der Waals surface area (Å²) in [4.78, 5) is 0. The predicted octanol–water partition coefficient (Wildman–Crippen LogP) is 3.13. The molecule has 1 rings (SSSR count). The van der Waals surface area contributed by atoms with Gasteiger partial charge in [-0.1, -0.05) is 32.8 Å². The van der Waals surface area contributed by atoms with Gasteiger partial charge >= 0.3 is 0 Å². The molecule has 19 heavy (non-hydrogen) atoms. The molecule has 1 aromatic carbocycles. The van der Waals surface area contributed by atoms with Crippen molar-refractivity contribution in [2.45, 2.75) is 39.5 Å². The van der Waals surface area contributed by atoms with Gasteiger partial charge in [0.25, 0.3) is 0 Å². The minimum absolute atomic E-state index is 0.0877. The van der Waals surface area contributed by atoms with Crippen LogP contribution in [0, 0.1) is 0 Å². The summed E-state index contributed by atoms with van der Waals surface area (Å²) >= 11 is 0. The summed E-state index contributed by atoms with van der Waals surface area (Å²) in [7, 11) is -3.30. The van der Waals surface area contributed by atoms with Gasteiger partial charge in [-0.25, -0.2) is 8.42 Å². The zero-order chi connectivity index (χ0) is 14.3. The van der Waals surface area contributed by atoms with Crippen molar-refractivity contribution >= 4 is 15.7 Å². The maximum absolute atomic E-state index is 12.4. The number of phenols is 1. The molecule has 0 atom stereocenters. The van der Waals surface area contributed by atoms with Gasteiger partial charge in [-0.05, 0) is 25.0 Å². The molecule has 4 nitrogen and oxygen atoms in total. The molecule has 1 N–H and O–H groups in total. The highest BCUT2D eigenvalue weighted by Gasteiger charge is 2.21. The number of hydrogen-bond acceptors (Lipinski definition) is 3. The predicted molar refractivity (Wildman–Crippen MR) is 79.1 cm³/mol. The molecule has 0 unspecified atom stereocenters. The lowest BCUT2D eigenvalue weighted by molar-refractivity contribution is 0.475. The largest absolute Gasteiger partial charge is 0.508 e. The van der Waals surface area contributed by atoms with E-state index in [1.54, 1.807) is 18.2 Å².